The first-order chi connectivity index (χ1) is 17.7. The number of nitrogens with zero attached hydrogens (tertiary/aromatic N) is 6. The van der Waals surface area contributed by atoms with Gasteiger partial charge in [-0.05, 0) is 12.5 Å². The van der Waals surface area contributed by atoms with Gasteiger partial charge < -0.3 is 24.7 Å². The fourth-order valence-corrected chi connectivity index (χ4v) is 4.38. The van der Waals surface area contributed by atoms with E-state index in [0.717, 1.165) is 43.2 Å². The summed E-state index contributed by atoms with van der Waals surface area (Å²) in [5.74, 6) is 3.14. The Morgan fingerprint density at radius 1 is 1.19 bits per heavy atom. The van der Waals surface area contributed by atoms with Crippen LogP contribution >= 0.6 is 0 Å². The molecule has 1 amide bonds. The highest BCUT2D eigenvalue weighted by Crippen LogP contribution is 2.30. The van der Waals surface area contributed by atoms with Crippen LogP contribution in [0.25, 0.3) is 11.2 Å². The number of aromatic nitrogens is 6. The van der Waals surface area contributed by atoms with Crippen molar-refractivity contribution in [2.75, 3.05) is 23.8 Å². The first-order valence-electron chi connectivity index (χ1n) is 12.3. The predicted octanol–water partition coefficient (Wildman–Crippen LogP) is 4.39. The molecule has 1 saturated heterocycles. The van der Waals surface area contributed by atoms with E-state index in [1.807, 2.05) is 17.7 Å². The van der Waals surface area contributed by atoms with Crippen LogP contribution in [0.2, 0.25) is 0 Å². The maximum atomic E-state index is 11.3. The average molecular weight is 505 g/mol. The van der Waals surface area contributed by atoms with Gasteiger partial charge >= 0.3 is 0 Å². The molecule has 37 heavy (non-hydrogen) atoms. The minimum Gasteiger partial charge on any atom is -0.455 e. The van der Waals surface area contributed by atoms with Gasteiger partial charge in [-0.1, -0.05) is 20.8 Å². The molecule has 0 bridgehead atoms. The van der Waals surface area contributed by atoms with Crippen LogP contribution in [0.1, 0.15) is 39.8 Å². The Labute approximate surface area is 215 Å². The first-order valence-corrected chi connectivity index (χ1v) is 12.3. The number of anilines is 3. The second kappa shape index (κ2) is 9.81. The zero-order chi connectivity index (χ0) is 26.2. The standard InChI is InChI=1S/C26H32N8O3/c1-16(35)29-22-11-18(6-8-27-22)37-19-10-20-24(28-13-19)31-25(33(20)5)30-23-12-21(26(2,3)4)34(32-23)14-17-7-9-36-15-17/h6,8,10-13,17H,7,9,14-15H2,1-5H3,(H,27,29,35)(H,28,30,31,32)/t17-/m0/s1. The van der Waals surface area contributed by atoms with Crippen molar-refractivity contribution in [3.8, 4) is 11.5 Å². The highest BCUT2D eigenvalue weighted by Gasteiger charge is 2.25. The van der Waals surface area contributed by atoms with E-state index in [9.17, 15) is 4.79 Å². The Bertz CT molecular complexity index is 1430. The minimum absolute atomic E-state index is 0.0563. The van der Waals surface area contributed by atoms with E-state index in [2.05, 4.69) is 57.1 Å². The number of fused-ring (bicyclic) bond motifs is 1. The van der Waals surface area contributed by atoms with E-state index in [-0.39, 0.29) is 11.3 Å². The molecule has 1 atom stereocenters. The van der Waals surface area contributed by atoms with Crippen molar-refractivity contribution in [1.82, 2.24) is 29.3 Å². The third kappa shape index (κ3) is 5.56. The predicted molar refractivity (Wildman–Crippen MR) is 140 cm³/mol. The van der Waals surface area contributed by atoms with Crippen molar-refractivity contribution in [1.29, 1.82) is 0 Å². The van der Waals surface area contributed by atoms with Gasteiger partial charge in [0.25, 0.3) is 0 Å². The van der Waals surface area contributed by atoms with Crippen LogP contribution in [-0.4, -0.2) is 48.4 Å². The molecule has 1 fully saturated rings. The number of ether oxygens (including phenoxy) is 2. The van der Waals surface area contributed by atoms with Crippen molar-refractivity contribution in [3.05, 3.63) is 42.4 Å². The molecule has 4 aromatic heterocycles. The fourth-order valence-electron chi connectivity index (χ4n) is 4.38. The molecule has 0 spiro atoms. The summed E-state index contributed by atoms with van der Waals surface area (Å²) in [4.78, 5) is 24.6. The van der Waals surface area contributed by atoms with Crippen LogP contribution in [-0.2, 0) is 28.5 Å². The van der Waals surface area contributed by atoms with Gasteiger partial charge in [-0.15, -0.1) is 0 Å². The zero-order valence-corrected chi connectivity index (χ0v) is 21.8. The third-order valence-corrected chi connectivity index (χ3v) is 6.23. The number of aryl methyl sites for hydroxylation is 1. The van der Waals surface area contributed by atoms with E-state index in [0.29, 0.717) is 34.8 Å². The molecule has 0 unspecified atom stereocenters. The van der Waals surface area contributed by atoms with Crippen LogP contribution in [0.5, 0.6) is 11.5 Å². The average Bonchev–Trinajstić information content (AvgIpc) is 3.55. The molecule has 1 aliphatic heterocycles. The number of hydrogen-bond acceptors (Lipinski definition) is 8. The summed E-state index contributed by atoms with van der Waals surface area (Å²) >= 11 is 0. The molecule has 1 aliphatic rings. The maximum Gasteiger partial charge on any atom is 0.222 e. The van der Waals surface area contributed by atoms with Gasteiger partial charge in [0, 0.05) is 68.5 Å². The number of nitrogens with one attached hydrogen (secondary N) is 2. The fraction of sp³-hybridized carbons (Fsp3) is 0.423. The van der Waals surface area contributed by atoms with Gasteiger partial charge in [0.1, 0.15) is 17.3 Å². The number of carbonyl (C=O) groups excluding carboxylic acids is 1. The van der Waals surface area contributed by atoms with Crippen molar-refractivity contribution in [2.24, 2.45) is 13.0 Å². The lowest BCUT2D eigenvalue weighted by atomic mass is 9.92. The molecule has 0 aliphatic carbocycles. The molecule has 194 valence electrons. The van der Waals surface area contributed by atoms with Crippen LogP contribution in [0.4, 0.5) is 17.6 Å². The zero-order valence-electron chi connectivity index (χ0n) is 21.8. The Kier molecular flexibility index (Phi) is 6.55. The lowest BCUT2D eigenvalue weighted by Gasteiger charge is -2.21. The molecule has 11 nitrogen and oxygen atoms in total. The van der Waals surface area contributed by atoms with Gasteiger partial charge in [-0.3, -0.25) is 9.48 Å². The number of amides is 1. The van der Waals surface area contributed by atoms with E-state index in [1.54, 1.807) is 24.5 Å². The summed E-state index contributed by atoms with van der Waals surface area (Å²) in [5.41, 5.74) is 2.49. The first kappa shape index (κ1) is 24.7. The van der Waals surface area contributed by atoms with E-state index in [1.165, 1.54) is 6.92 Å². The SMILES string of the molecule is CC(=O)Nc1cc(Oc2cnc3nc(Nc4cc(C(C)(C)C)n(C[C@@H]5CCOC5)n4)n(C)c3c2)ccn1. The van der Waals surface area contributed by atoms with Gasteiger partial charge in [-0.2, -0.15) is 10.1 Å². The molecule has 5 heterocycles. The summed E-state index contributed by atoms with van der Waals surface area (Å²) in [7, 11) is 1.92. The molecular weight excluding hydrogens is 472 g/mol. The lowest BCUT2D eigenvalue weighted by molar-refractivity contribution is -0.114. The molecular formula is C26H32N8O3. The summed E-state index contributed by atoms with van der Waals surface area (Å²) < 4.78 is 15.6. The van der Waals surface area contributed by atoms with E-state index >= 15 is 0 Å². The van der Waals surface area contributed by atoms with E-state index < -0.39 is 0 Å². The molecule has 0 aromatic carbocycles. The Morgan fingerprint density at radius 2 is 2.03 bits per heavy atom. The summed E-state index contributed by atoms with van der Waals surface area (Å²) in [6, 6.07) is 7.33. The largest absolute Gasteiger partial charge is 0.455 e. The highest BCUT2D eigenvalue weighted by molar-refractivity contribution is 5.87. The van der Waals surface area contributed by atoms with Gasteiger partial charge in [0.05, 0.1) is 18.3 Å². The molecule has 2 N–H and O–H groups in total. The van der Waals surface area contributed by atoms with Crippen molar-refractivity contribution in [2.45, 2.75) is 46.1 Å². The molecule has 5 rings (SSSR count). The molecule has 0 saturated carbocycles. The normalized spacial score (nSPS) is 15.8. The Balaban J connectivity index is 1.38. The minimum atomic E-state index is -0.199. The smallest absolute Gasteiger partial charge is 0.222 e. The van der Waals surface area contributed by atoms with Gasteiger partial charge in [0.2, 0.25) is 11.9 Å². The summed E-state index contributed by atoms with van der Waals surface area (Å²) in [6.07, 6.45) is 4.25. The summed E-state index contributed by atoms with van der Waals surface area (Å²) in [5, 5.41) is 10.9. The van der Waals surface area contributed by atoms with Crippen molar-refractivity contribution < 1.29 is 14.3 Å². The number of carbonyl (C=O) groups is 1. The topological polar surface area (TPSA) is 121 Å². The van der Waals surface area contributed by atoms with Crippen LogP contribution in [0.3, 0.4) is 0 Å². The van der Waals surface area contributed by atoms with Crippen LogP contribution in [0, 0.1) is 5.92 Å². The number of pyridine rings is 2. The van der Waals surface area contributed by atoms with Crippen LogP contribution < -0.4 is 15.4 Å². The molecule has 4 aromatic rings. The molecule has 0 radical (unpaired) electrons. The maximum absolute atomic E-state index is 11.3. The van der Waals surface area contributed by atoms with E-state index in [4.69, 9.17) is 14.6 Å². The summed E-state index contributed by atoms with van der Waals surface area (Å²) in [6.45, 7) is 10.4. The van der Waals surface area contributed by atoms with Gasteiger partial charge in [0.15, 0.2) is 11.5 Å². The number of rotatable bonds is 7. The van der Waals surface area contributed by atoms with Gasteiger partial charge in [-0.25, -0.2) is 9.97 Å². The second-order valence-electron chi connectivity index (χ2n) is 10.4. The Hall–Kier alpha value is -3.99. The van der Waals surface area contributed by atoms with Crippen molar-refractivity contribution >= 4 is 34.7 Å². The number of hydrogen-bond donors (Lipinski definition) is 2. The molecule has 11 heteroatoms. The third-order valence-electron chi connectivity index (χ3n) is 6.23. The quantitative estimate of drug-likeness (QED) is 0.380. The highest BCUT2D eigenvalue weighted by atomic mass is 16.5. The number of imidazole rings is 1. The monoisotopic (exact) mass is 504 g/mol. The Morgan fingerprint density at radius 3 is 2.76 bits per heavy atom. The lowest BCUT2D eigenvalue weighted by Crippen LogP contribution is -2.21. The second-order valence-corrected chi connectivity index (χ2v) is 10.4. The van der Waals surface area contributed by atoms with Crippen molar-refractivity contribution in [3.63, 3.8) is 0 Å². The van der Waals surface area contributed by atoms with Crippen LogP contribution in [0.15, 0.2) is 36.7 Å².